The van der Waals surface area contributed by atoms with Crippen LogP contribution in [0.15, 0.2) is 45.6 Å². The van der Waals surface area contributed by atoms with Gasteiger partial charge in [-0.25, -0.2) is 4.79 Å². The maximum absolute atomic E-state index is 12.6. The molecule has 0 bridgehead atoms. The molecule has 3 rings (SSSR count). The van der Waals surface area contributed by atoms with E-state index in [9.17, 15) is 9.59 Å². The fourth-order valence-corrected chi connectivity index (χ4v) is 3.04. The van der Waals surface area contributed by atoms with Crippen LogP contribution in [0.5, 0.6) is 11.5 Å². The van der Waals surface area contributed by atoms with Crippen molar-refractivity contribution in [3.8, 4) is 11.5 Å². The lowest BCUT2D eigenvalue weighted by molar-refractivity contribution is 0.0991. The Kier molecular flexibility index (Phi) is 4.80. The molecule has 5 nitrogen and oxygen atoms in total. The van der Waals surface area contributed by atoms with E-state index in [1.165, 1.54) is 0 Å². The molecule has 0 fully saturated rings. The van der Waals surface area contributed by atoms with Crippen molar-refractivity contribution in [2.45, 2.75) is 20.3 Å². The predicted molar refractivity (Wildman–Crippen MR) is 99.5 cm³/mol. The second-order valence-electron chi connectivity index (χ2n) is 6.09. The van der Waals surface area contributed by atoms with Crippen molar-refractivity contribution in [1.29, 1.82) is 0 Å². The SMILES string of the molecule is COc1ccc(C(=O)Cc2c(C)c3ccc(OC)c(C)c3oc2=O)cc1. The van der Waals surface area contributed by atoms with E-state index in [0.29, 0.717) is 28.2 Å². The van der Waals surface area contributed by atoms with Crippen LogP contribution in [0.25, 0.3) is 11.0 Å². The molecule has 0 radical (unpaired) electrons. The molecule has 0 aliphatic carbocycles. The van der Waals surface area contributed by atoms with Gasteiger partial charge in [0.2, 0.25) is 0 Å². The normalized spacial score (nSPS) is 10.8. The van der Waals surface area contributed by atoms with E-state index >= 15 is 0 Å². The summed E-state index contributed by atoms with van der Waals surface area (Å²) in [5.41, 5.74) is 2.42. The molecule has 2 aromatic carbocycles. The lowest BCUT2D eigenvalue weighted by Gasteiger charge is -2.11. The van der Waals surface area contributed by atoms with E-state index in [0.717, 1.165) is 16.5 Å². The first-order valence-corrected chi connectivity index (χ1v) is 8.23. The summed E-state index contributed by atoms with van der Waals surface area (Å²) in [6, 6.07) is 10.5. The van der Waals surface area contributed by atoms with Gasteiger partial charge in [0, 0.05) is 28.5 Å². The Labute approximate surface area is 151 Å². The van der Waals surface area contributed by atoms with Crippen molar-refractivity contribution >= 4 is 16.8 Å². The van der Waals surface area contributed by atoms with E-state index in [2.05, 4.69) is 0 Å². The monoisotopic (exact) mass is 352 g/mol. The molecule has 0 aliphatic heterocycles. The zero-order valence-corrected chi connectivity index (χ0v) is 15.2. The Hall–Kier alpha value is -3.08. The Morgan fingerprint density at radius 2 is 1.65 bits per heavy atom. The molecule has 0 atom stereocenters. The van der Waals surface area contributed by atoms with E-state index < -0.39 is 5.63 Å². The minimum absolute atomic E-state index is 0.0124. The van der Waals surface area contributed by atoms with E-state index in [4.69, 9.17) is 13.9 Å². The predicted octanol–water partition coefficient (Wildman–Crippen LogP) is 3.85. The quantitative estimate of drug-likeness (QED) is 0.515. The van der Waals surface area contributed by atoms with Gasteiger partial charge in [0.05, 0.1) is 14.2 Å². The van der Waals surface area contributed by atoms with Crippen molar-refractivity contribution in [3.63, 3.8) is 0 Å². The van der Waals surface area contributed by atoms with Gasteiger partial charge in [-0.1, -0.05) is 0 Å². The van der Waals surface area contributed by atoms with Crippen molar-refractivity contribution in [3.05, 3.63) is 69.1 Å². The van der Waals surface area contributed by atoms with Gasteiger partial charge < -0.3 is 13.9 Å². The van der Waals surface area contributed by atoms with Crippen LogP contribution in [0.4, 0.5) is 0 Å². The van der Waals surface area contributed by atoms with Gasteiger partial charge in [-0.2, -0.15) is 0 Å². The topological polar surface area (TPSA) is 65.7 Å². The zero-order valence-electron chi connectivity index (χ0n) is 15.2. The molecule has 0 unspecified atom stereocenters. The highest BCUT2D eigenvalue weighted by molar-refractivity contribution is 5.98. The number of rotatable bonds is 5. The number of Topliss-reactive ketones (excluding diaryl/α,β-unsaturated/α-hetero) is 1. The van der Waals surface area contributed by atoms with Crippen LogP contribution in [0, 0.1) is 13.8 Å². The van der Waals surface area contributed by atoms with Crippen molar-refractivity contribution in [2.24, 2.45) is 0 Å². The number of carbonyl (C=O) groups is 1. The van der Waals surface area contributed by atoms with Crippen LogP contribution in [0.2, 0.25) is 0 Å². The minimum atomic E-state index is -0.492. The second kappa shape index (κ2) is 7.04. The number of ketones is 1. The Bertz CT molecular complexity index is 1030. The van der Waals surface area contributed by atoms with Crippen LogP contribution >= 0.6 is 0 Å². The van der Waals surface area contributed by atoms with Gasteiger partial charge in [0.1, 0.15) is 17.1 Å². The maximum atomic E-state index is 12.6. The minimum Gasteiger partial charge on any atom is -0.497 e. The van der Waals surface area contributed by atoms with Crippen LogP contribution in [-0.2, 0) is 6.42 Å². The number of carbonyl (C=O) groups excluding carboxylic acids is 1. The Morgan fingerprint density at radius 3 is 2.27 bits per heavy atom. The number of hydrogen-bond donors (Lipinski definition) is 0. The maximum Gasteiger partial charge on any atom is 0.340 e. The Balaban J connectivity index is 2.02. The molecule has 134 valence electrons. The first kappa shape index (κ1) is 17.7. The number of hydrogen-bond acceptors (Lipinski definition) is 5. The number of aryl methyl sites for hydroxylation is 2. The lowest BCUT2D eigenvalue weighted by atomic mass is 9.97. The summed E-state index contributed by atoms with van der Waals surface area (Å²) in [6.07, 6.45) is -0.0124. The highest BCUT2D eigenvalue weighted by atomic mass is 16.5. The smallest absolute Gasteiger partial charge is 0.340 e. The highest BCUT2D eigenvalue weighted by Crippen LogP contribution is 2.29. The van der Waals surface area contributed by atoms with Gasteiger partial charge in [-0.15, -0.1) is 0 Å². The fourth-order valence-electron chi connectivity index (χ4n) is 3.04. The van der Waals surface area contributed by atoms with E-state index in [1.807, 2.05) is 26.0 Å². The van der Waals surface area contributed by atoms with Crippen LogP contribution in [0.1, 0.15) is 27.0 Å². The average molecular weight is 352 g/mol. The first-order valence-electron chi connectivity index (χ1n) is 8.23. The molecule has 0 saturated carbocycles. The summed E-state index contributed by atoms with van der Waals surface area (Å²) in [5.74, 6) is 1.18. The molecule has 0 aliphatic rings. The fraction of sp³-hybridized carbons (Fsp3) is 0.238. The van der Waals surface area contributed by atoms with Gasteiger partial charge in [-0.3, -0.25) is 4.79 Å². The number of ether oxygens (including phenoxy) is 2. The van der Waals surface area contributed by atoms with Crippen molar-refractivity contribution in [1.82, 2.24) is 0 Å². The van der Waals surface area contributed by atoms with E-state index in [-0.39, 0.29) is 12.2 Å². The molecule has 3 aromatic rings. The van der Waals surface area contributed by atoms with Gasteiger partial charge in [0.25, 0.3) is 0 Å². The molecule has 26 heavy (non-hydrogen) atoms. The van der Waals surface area contributed by atoms with Gasteiger partial charge in [0.15, 0.2) is 5.78 Å². The Morgan fingerprint density at radius 1 is 0.962 bits per heavy atom. The summed E-state index contributed by atoms with van der Waals surface area (Å²) in [6.45, 7) is 3.67. The second-order valence-corrected chi connectivity index (χ2v) is 6.09. The third-order valence-corrected chi connectivity index (χ3v) is 4.62. The van der Waals surface area contributed by atoms with Crippen LogP contribution in [-0.4, -0.2) is 20.0 Å². The van der Waals surface area contributed by atoms with E-state index in [1.54, 1.807) is 38.5 Å². The summed E-state index contributed by atoms with van der Waals surface area (Å²) in [5, 5.41) is 0.806. The number of methoxy groups -OCH3 is 2. The number of benzene rings is 2. The summed E-state index contributed by atoms with van der Waals surface area (Å²) in [7, 11) is 3.14. The molecule has 0 N–H and O–H groups in total. The molecule has 0 saturated heterocycles. The van der Waals surface area contributed by atoms with Gasteiger partial charge in [-0.05, 0) is 55.8 Å². The van der Waals surface area contributed by atoms with Crippen molar-refractivity contribution < 1.29 is 18.7 Å². The third-order valence-electron chi connectivity index (χ3n) is 4.62. The molecular weight excluding hydrogens is 332 g/mol. The van der Waals surface area contributed by atoms with Crippen LogP contribution < -0.4 is 15.1 Å². The molecule has 1 heterocycles. The molecule has 0 amide bonds. The largest absolute Gasteiger partial charge is 0.497 e. The number of fused-ring (bicyclic) bond motifs is 1. The van der Waals surface area contributed by atoms with Gasteiger partial charge >= 0.3 is 5.63 Å². The third kappa shape index (κ3) is 3.08. The lowest BCUT2D eigenvalue weighted by Crippen LogP contribution is -2.16. The molecule has 0 spiro atoms. The standard InChI is InChI=1S/C21H20O5/c1-12-16-9-10-19(25-4)13(2)20(16)26-21(23)17(12)11-18(22)14-5-7-15(24-3)8-6-14/h5-10H,11H2,1-4H3. The van der Waals surface area contributed by atoms with Crippen LogP contribution in [0.3, 0.4) is 0 Å². The average Bonchev–Trinajstić information content (AvgIpc) is 2.66. The van der Waals surface area contributed by atoms with Crippen molar-refractivity contribution in [2.75, 3.05) is 14.2 Å². The first-order chi connectivity index (χ1) is 12.5. The molecule has 5 heteroatoms. The molecule has 1 aromatic heterocycles. The summed E-state index contributed by atoms with van der Waals surface area (Å²) < 4.78 is 15.9. The summed E-state index contributed by atoms with van der Waals surface area (Å²) >= 11 is 0. The summed E-state index contributed by atoms with van der Waals surface area (Å²) in [4.78, 5) is 25.1. The highest BCUT2D eigenvalue weighted by Gasteiger charge is 2.18. The zero-order chi connectivity index (χ0) is 18.8. The molecular formula is C21H20O5.